The van der Waals surface area contributed by atoms with Crippen LogP contribution in [-0.4, -0.2) is 13.1 Å². The van der Waals surface area contributed by atoms with E-state index in [1.165, 1.54) is 16.7 Å². The van der Waals surface area contributed by atoms with E-state index in [2.05, 4.69) is 49.5 Å². The van der Waals surface area contributed by atoms with Crippen molar-refractivity contribution in [2.24, 2.45) is 0 Å². The van der Waals surface area contributed by atoms with E-state index in [4.69, 9.17) is 0 Å². The summed E-state index contributed by atoms with van der Waals surface area (Å²) in [5, 5.41) is 3.34. The number of hydrogen-bond acceptors (Lipinski definition) is 1. The maximum absolute atomic E-state index is 3.34. The maximum Gasteiger partial charge on any atom is 0.0140 e. The van der Waals surface area contributed by atoms with Crippen molar-refractivity contribution < 1.29 is 0 Å². The molecule has 0 aromatic heterocycles. The fraction of sp³-hybridized carbons (Fsp3) is 0.429. The van der Waals surface area contributed by atoms with Gasteiger partial charge in [0.15, 0.2) is 0 Å². The molecular formula is C14H19N. The van der Waals surface area contributed by atoms with Crippen LogP contribution in [0.3, 0.4) is 0 Å². The highest BCUT2D eigenvalue weighted by Crippen LogP contribution is 2.22. The zero-order valence-corrected chi connectivity index (χ0v) is 9.59. The van der Waals surface area contributed by atoms with E-state index in [-0.39, 0.29) is 0 Å². The van der Waals surface area contributed by atoms with Crippen LogP contribution < -0.4 is 5.32 Å². The Bertz CT molecular complexity index is 346. The van der Waals surface area contributed by atoms with Crippen molar-refractivity contribution >= 4 is 5.57 Å². The lowest BCUT2D eigenvalue weighted by Crippen LogP contribution is -2.19. The monoisotopic (exact) mass is 201 g/mol. The Morgan fingerprint density at radius 2 is 1.87 bits per heavy atom. The molecule has 0 saturated carbocycles. The molecule has 0 amide bonds. The second-order valence-electron chi connectivity index (χ2n) is 4.46. The first kappa shape index (κ1) is 10.4. The highest BCUT2D eigenvalue weighted by molar-refractivity contribution is 5.66. The number of benzene rings is 1. The Morgan fingerprint density at radius 1 is 1.13 bits per heavy atom. The molecule has 0 saturated heterocycles. The molecular weight excluding hydrogens is 182 g/mol. The van der Waals surface area contributed by atoms with Gasteiger partial charge in [0.25, 0.3) is 0 Å². The van der Waals surface area contributed by atoms with Crippen LogP contribution in [0.25, 0.3) is 5.57 Å². The first-order valence-corrected chi connectivity index (χ1v) is 5.77. The van der Waals surface area contributed by atoms with E-state index in [0.717, 1.165) is 19.5 Å². The van der Waals surface area contributed by atoms with Crippen LogP contribution in [0.15, 0.2) is 30.3 Å². The minimum atomic E-state index is 0.626. The van der Waals surface area contributed by atoms with Gasteiger partial charge in [0, 0.05) is 6.54 Å². The van der Waals surface area contributed by atoms with Crippen molar-refractivity contribution in [3.63, 3.8) is 0 Å². The molecule has 1 heteroatoms. The van der Waals surface area contributed by atoms with Crippen molar-refractivity contribution in [1.29, 1.82) is 0 Å². The first-order valence-electron chi connectivity index (χ1n) is 5.77. The van der Waals surface area contributed by atoms with Gasteiger partial charge in [-0.05, 0) is 35.6 Å². The lowest BCUT2D eigenvalue weighted by molar-refractivity contribution is 0.738. The molecule has 0 bridgehead atoms. The molecule has 0 aliphatic carbocycles. The van der Waals surface area contributed by atoms with Crippen molar-refractivity contribution in [1.82, 2.24) is 5.32 Å². The third-order valence-electron chi connectivity index (χ3n) is 3.01. The summed E-state index contributed by atoms with van der Waals surface area (Å²) in [6.07, 6.45) is 3.45. The fourth-order valence-electron chi connectivity index (χ4n) is 1.97. The molecule has 2 rings (SSSR count). The van der Waals surface area contributed by atoms with Gasteiger partial charge in [0.05, 0.1) is 0 Å². The van der Waals surface area contributed by atoms with Gasteiger partial charge in [0.1, 0.15) is 0 Å². The van der Waals surface area contributed by atoms with Crippen LogP contribution in [0.1, 0.15) is 37.3 Å². The van der Waals surface area contributed by atoms with Crippen LogP contribution in [0.2, 0.25) is 0 Å². The molecule has 1 N–H and O–H groups in total. The molecule has 1 nitrogen and oxygen atoms in total. The largest absolute Gasteiger partial charge is 0.313 e. The van der Waals surface area contributed by atoms with E-state index in [0.29, 0.717) is 5.92 Å². The SMILES string of the molecule is CC(C)c1ccc(C2=CCNCC2)cc1. The zero-order valence-electron chi connectivity index (χ0n) is 9.59. The van der Waals surface area contributed by atoms with Crippen LogP contribution in [-0.2, 0) is 0 Å². The molecule has 0 atom stereocenters. The Hall–Kier alpha value is -1.08. The summed E-state index contributed by atoms with van der Waals surface area (Å²) in [4.78, 5) is 0. The minimum Gasteiger partial charge on any atom is -0.313 e. The van der Waals surface area contributed by atoms with E-state index in [1.807, 2.05) is 0 Å². The third-order valence-corrected chi connectivity index (χ3v) is 3.01. The van der Waals surface area contributed by atoms with Gasteiger partial charge < -0.3 is 5.32 Å². The quantitative estimate of drug-likeness (QED) is 0.775. The molecule has 0 fully saturated rings. The van der Waals surface area contributed by atoms with Crippen LogP contribution in [0.5, 0.6) is 0 Å². The summed E-state index contributed by atoms with van der Waals surface area (Å²) in [5.41, 5.74) is 4.30. The summed E-state index contributed by atoms with van der Waals surface area (Å²) in [6.45, 7) is 6.59. The van der Waals surface area contributed by atoms with Crippen LogP contribution in [0.4, 0.5) is 0 Å². The van der Waals surface area contributed by atoms with Crippen molar-refractivity contribution in [2.45, 2.75) is 26.2 Å². The predicted molar refractivity (Wildman–Crippen MR) is 66.0 cm³/mol. The van der Waals surface area contributed by atoms with Crippen LogP contribution >= 0.6 is 0 Å². The van der Waals surface area contributed by atoms with Gasteiger partial charge >= 0.3 is 0 Å². The van der Waals surface area contributed by atoms with E-state index < -0.39 is 0 Å². The topological polar surface area (TPSA) is 12.0 Å². The first-order chi connectivity index (χ1) is 7.27. The maximum atomic E-state index is 3.34. The molecule has 15 heavy (non-hydrogen) atoms. The number of hydrogen-bond donors (Lipinski definition) is 1. The average Bonchev–Trinajstić information content (AvgIpc) is 2.30. The Kier molecular flexibility index (Phi) is 3.22. The second kappa shape index (κ2) is 4.63. The highest BCUT2D eigenvalue weighted by atomic mass is 14.8. The molecule has 1 aliphatic heterocycles. The molecule has 0 spiro atoms. The summed E-state index contributed by atoms with van der Waals surface area (Å²) < 4.78 is 0. The van der Waals surface area contributed by atoms with Gasteiger partial charge in [-0.2, -0.15) is 0 Å². The molecule has 0 radical (unpaired) electrons. The summed E-state index contributed by atoms with van der Waals surface area (Å²) in [6, 6.07) is 9.02. The number of nitrogens with one attached hydrogen (secondary N) is 1. The summed E-state index contributed by atoms with van der Waals surface area (Å²) in [7, 11) is 0. The summed E-state index contributed by atoms with van der Waals surface area (Å²) >= 11 is 0. The highest BCUT2D eigenvalue weighted by Gasteiger charge is 2.05. The van der Waals surface area contributed by atoms with Gasteiger partial charge in [-0.15, -0.1) is 0 Å². The normalized spacial score (nSPS) is 16.6. The summed E-state index contributed by atoms with van der Waals surface area (Å²) in [5.74, 6) is 0.626. The van der Waals surface area contributed by atoms with E-state index in [1.54, 1.807) is 0 Å². The molecule has 1 aromatic rings. The number of rotatable bonds is 2. The van der Waals surface area contributed by atoms with Crippen LogP contribution in [0, 0.1) is 0 Å². The Balaban J connectivity index is 2.19. The Labute approximate surface area is 92.2 Å². The standard InChI is InChI=1S/C14H19N/c1-11(2)12-3-5-13(6-4-12)14-7-9-15-10-8-14/h3-7,11,15H,8-10H2,1-2H3. The van der Waals surface area contributed by atoms with Crippen molar-refractivity contribution in [3.8, 4) is 0 Å². The molecule has 0 unspecified atom stereocenters. The lowest BCUT2D eigenvalue weighted by Gasteiger charge is -2.15. The minimum absolute atomic E-state index is 0.626. The average molecular weight is 201 g/mol. The molecule has 80 valence electrons. The van der Waals surface area contributed by atoms with Gasteiger partial charge in [0.2, 0.25) is 0 Å². The van der Waals surface area contributed by atoms with Gasteiger partial charge in [-0.3, -0.25) is 0 Å². The molecule has 1 aliphatic rings. The third kappa shape index (κ3) is 2.48. The lowest BCUT2D eigenvalue weighted by atomic mass is 9.96. The van der Waals surface area contributed by atoms with Crippen molar-refractivity contribution in [3.05, 3.63) is 41.5 Å². The molecule has 1 heterocycles. The van der Waals surface area contributed by atoms with E-state index in [9.17, 15) is 0 Å². The smallest absolute Gasteiger partial charge is 0.0140 e. The van der Waals surface area contributed by atoms with Gasteiger partial charge in [-0.25, -0.2) is 0 Å². The molecule has 1 aromatic carbocycles. The fourth-order valence-corrected chi connectivity index (χ4v) is 1.97. The Morgan fingerprint density at radius 3 is 2.40 bits per heavy atom. The zero-order chi connectivity index (χ0) is 10.7. The predicted octanol–water partition coefficient (Wildman–Crippen LogP) is 3.19. The van der Waals surface area contributed by atoms with Crippen molar-refractivity contribution in [2.75, 3.05) is 13.1 Å². The second-order valence-corrected chi connectivity index (χ2v) is 4.46. The van der Waals surface area contributed by atoms with Gasteiger partial charge in [-0.1, -0.05) is 44.2 Å². The van der Waals surface area contributed by atoms with E-state index >= 15 is 0 Å².